The maximum atomic E-state index is 7.48. The SMILES string of the molecule is c1ccc2c(c1)Oc1c3c(c(-n4c5ccccc5c5ccccc54)c(-n4c5ccccc5c5ccccc54)c1-n1c4ccccc4c4ccccc41)Oc1ccccc1B23. The molecular formula is C54H32BN3O2. The summed E-state index contributed by atoms with van der Waals surface area (Å²) in [5.41, 5.74) is 12.7. The van der Waals surface area contributed by atoms with E-state index in [9.17, 15) is 0 Å². The highest BCUT2D eigenvalue weighted by atomic mass is 16.5. The summed E-state index contributed by atoms with van der Waals surface area (Å²) in [5.74, 6) is 3.27. The number of para-hydroxylation sites is 8. The number of hydrogen-bond acceptors (Lipinski definition) is 2. The van der Waals surface area contributed by atoms with Crippen LogP contribution in [0, 0.1) is 0 Å². The molecule has 3 aromatic heterocycles. The number of benzene rings is 9. The van der Waals surface area contributed by atoms with Gasteiger partial charge in [-0.25, -0.2) is 0 Å². The quantitative estimate of drug-likeness (QED) is 0.168. The zero-order chi connectivity index (χ0) is 39.1. The van der Waals surface area contributed by atoms with Crippen LogP contribution < -0.4 is 25.9 Å². The van der Waals surface area contributed by atoms with Crippen LogP contribution in [0.1, 0.15) is 0 Å². The third-order valence-corrected chi connectivity index (χ3v) is 13.0. The highest BCUT2D eigenvalue weighted by molar-refractivity contribution is 6.98. The Balaban J connectivity index is 1.32. The van der Waals surface area contributed by atoms with Gasteiger partial charge in [-0.1, -0.05) is 146 Å². The van der Waals surface area contributed by atoms with Gasteiger partial charge in [-0.2, -0.15) is 0 Å². The van der Waals surface area contributed by atoms with Gasteiger partial charge in [-0.15, -0.1) is 0 Å². The molecule has 14 rings (SSSR count). The number of ether oxygens (including phenoxy) is 2. The van der Waals surface area contributed by atoms with E-state index in [2.05, 4.69) is 208 Å². The first kappa shape index (κ1) is 32.1. The van der Waals surface area contributed by atoms with Gasteiger partial charge in [-0.3, -0.25) is 0 Å². The van der Waals surface area contributed by atoms with Crippen LogP contribution in [0.2, 0.25) is 0 Å². The van der Waals surface area contributed by atoms with Crippen molar-refractivity contribution in [3.05, 3.63) is 194 Å². The Labute approximate surface area is 344 Å². The Hall–Kier alpha value is -7.96. The number of fused-ring (bicyclic) bond motifs is 13. The fraction of sp³-hybridized carbons (Fsp3) is 0. The molecule has 2 aliphatic heterocycles. The predicted octanol–water partition coefficient (Wildman–Crippen LogP) is 11.7. The maximum absolute atomic E-state index is 7.48. The molecule has 278 valence electrons. The molecular weight excluding hydrogens is 733 g/mol. The Morgan fingerprint density at radius 1 is 0.283 bits per heavy atom. The van der Waals surface area contributed by atoms with Gasteiger partial charge in [0.1, 0.15) is 28.6 Å². The van der Waals surface area contributed by atoms with Crippen molar-refractivity contribution in [1.82, 2.24) is 13.7 Å². The van der Waals surface area contributed by atoms with Gasteiger partial charge in [0.05, 0.1) is 33.1 Å². The summed E-state index contributed by atoms with van der Waals surface area (Å²) in [5, 5.41) is 7.07. The largest absolute Gasteiger partial charge is 0.456 e. The maximum Gasteiger partial charge on any atom is 0.260 e. The van der Waals surface area contributed by atoms with Crippen molar-refractivity contribution in [1.29, 1.82) is 0 Å². The van der Waals surface area contributed by atoms with E-state index < -0.39 is 0 Å². The Morgan fingerprint density at radius 2 is 0.550 bits per heavy atom. The molecule has 0 saturated heterocycles. The smallest absolute Gasteiger partial charge is 0.260 e. The lowest BCUT2D eigenvalue weighted by molar-refractivity contribution is 0.461. The van der Waals surface area contributed by atoms with Crippen LogP contribution in [0.4, 0.5) is 0 Å². The van der Waals surface area contributed by atoms with E-state index in [1.54, 1.807) is 0 Å². The van der Waals surface area contributed by atoms with Gasteiger partial charge in [0, 0.05) is 37.8 Å². The Kier molecular flexibility index (Phi) is 6.31. The summed E-state index contributed by atoms with van der Waals surface area (Å²) in [7, 11) is 0. The summed E-state index contributed by atoms with van der Waals surface area (Å²) >= 11 is 0. The van der Waals surface area contributed by atoms with Crippen molar-refractivity contribution in [2.45, 2.75) is 0 Å². The first-order chi connectivity index (χ1) is 29.8. The molecule has 0 unspecified atom stereocenters. The van der Waals surface area contributed by atoms with E-state index in [4.69, 9.17) is 9.47 Å². The third-order valence-electron chi connectivity index (χ3n) is 13.0. The van der Waals surface area contributed by atoms with E-state index >= 15 is 0 Å². The standard InChI is InChI=1S/C54H32BN3O2/c1-9-25-41-33(17-1)34-18-2-10-26-42(34)56(41)50-51(57-43-27-11-3-19-35(43)36-20-4-12-28-44(36)57)53-49-54(52(50)58-45-29-13-5-21-37(45)38-22-6-14-30-46(38)58)60-48-32-16-8-24-40(48)55(49)39-23-7-15-31-47(39)59-53/h1-32H. The summed E-state index contributed by atoms with van der Waals surface area (Å²) in [4.78, 5) is 0. The molecule has 9 aromatic carbocycles. The number of nitrogens with zero attached hydrogens (tertiary/aromatic N) is 3. The van der Waals surface area contributed by atoms with Crippen LogP contribution in [0.15, 0.2) is 194 Å². The van der Waals surface area contributed by atoms with Crippen LogP contribution in [0.3, 0.4) is 0 Å². The minimum Gasteiger partial charge on any atom is -0.456 e. The summed E-state index contributed by atoms with van der Waals surface area (Å²) < 4.78 is 22.4. The number of hydrogen-bond donors (Lipinski definition) is 0. The fourth-order valence-electron chi connectivity index (χ4n) is 10.6. The lowest BCUT2D eigenvalue weighted by Crippen LogP contribution is -2.58. The molecule has 12 aromatic rings. The van der Waals surface area contributed by atoms with Gasteiger partial charge >= 0.3 is 0 Å². The fourth-order valence-corrected chi connectivity index (χ4v) is 10.6. The summed E-state index contributed by atoms with van der Waals surface area (Å²) in [6.07, 6.45) is 0. The lowest BCUT2D eigenvalue weighted by atomic mass is 9.34. The van der Waals surface area contributed by atoms with E-state index in [0.29, 0.717) is 0 Å². The molecule has 0 atom stereocenters. The number of rotatable bonds is 3. The molecule has 0 bridgehead atoms. The average molecular weight is 766 g/mol. The lowest BCUT2D eigenvalue weighted by Gasteiger charge is -2.37. The molecule has 0 fully saturated rings. The third kappa shape index (κ3) is 4.07. The minimum atomic E-state index is -0.157. The first-order valence-corrected chi connectivity index (χ1v) is 20.6. The van der Waals surface area contributed by atoms with Crippen molar-refractivity contribution < 1.29 is 9.47 Å². The molecule has 0 spiro atoms. The van der Waals surface area contributed by atoms with Crippen molar-refractivity contribution in [2.75, 3.05) is 0 Å². The second-order valence-electron chi connectivity index (χ2n) is 15.9. The Bertz CT molecular complexity index is 3470. The van der Waals surface area contributed by atoms with Crippen molar-refractivity contribution >= 4 is 88.5 Å². The van der Waals surface area contributed by atoms with Gasteiger partial charge in [-0.05, 0) is 59.5 Å². The molecule has 0 amide bonds. The second kappa shape index (κ2) is 11.8. The molecule has 5 heterocycles. The van der Waals surface area contributed by atoms with Crippen LogP contribution in [0.5, 0.6) is 23.0 Å². The van der Waals surface area contributed by atoms with E-state index in [0.717, 1.165) is 89.5 Å². The summed E-state index contributed by atoms with van der Waals surface area (Å²) in [6.45, 7) is -0.157. The monoisotopic (exact) mass is 765 g/mol. The van der Waals surface area contributed by atoms with E-state index in [1.807, 2.05) is 0 Å². The number of aromatic nitrogens is 3. The predicted molar refractivity (Wildman–Crippen MR) is 247 cm³/mol. The van der Waals surface area contributed by atoms with Gasteiger partial charge < -0.3 is 23.2 Å². The molecule has 0 aliphatic carbocycles. The van der Waals surface area contributed by atoms with E-state index in [-0.39, 0.29) is 6.71 Å². The van der Waals surface area contributed by atoms with Crippen LogP contribution in [-0.2, 0) is 0 Å². The van der Waals surface area contributed by atoms with Crippen molar-refractivity contribution in [3.8, 4) is 40.1 Å². The molecule has 60 heavy (non-hydrogen) atoms. The highest BCUT2D eigenvalue weighted by Crippen LogP contribution is 2.51. The van der Waals surface area contributed by atoms with E-state index in [1.165, 1.54) is 32.3 Å². The van der Waals surface area contributed by atoms with Gasteiger partial charge in [0.15, 0.2) is 11.5 Å². The van der Waals surface area contributed by atoms with Crippen LogP contribution >= 0.6 is 0 Å². The Morgan fingerprint density at radius 3 is 0.883 bits per heavy atom. The van der Waals surface area contributed by atoms with Crippen molar-refractivity contribution in [2.24, 2.45) is 0 Å². The zero-order valence-corrected chi connectivity index (χ0v) is 32.2. The van der Waals surface area contributed by atoms with Gasteiger partial charge in [0.25, 0.3) is 6.71 Å². The molecule has 0 N–H and O–H groups in total. The molecule has 2 aliphatic rings. The minimum absolute atomic E-state index is 0.157. The highest BCUT2D eigenvalue weighted by Gasteiger charge is 2.45. The molecule has 0 saturated carbocycles. The van der Waals surface area contributed by atoms with Crippen LogP contribution in [0.25, 0.3) is 82.5 Å². The van der Waals surface area contributed by atoms with Gasteiger partial charge in [0.2, 0.25) is 0 Å². The normalized spacial score (nSPS) is 12.9. The molecule has 0 radical (unpaired) electrons. The topological polar surface area (TPSA) is 33.2 Å². The average Bonchev–Trinajstić information content (AvgIpc) is 3.95. The zero-order valence-electron chi connectivity index (χ0n) is 32.2. The second-order valence-corrected chi connectivity index (χ2v) is 15.9. The molecule has 6 heteroatoms. The molecule has 5 nitrogen and oxygen atoms in total. The van der Waals surface area contributed by atoms with Crippen molar-refractivity contribution in [3.63, 3.8) is 0 Å². The first-order valence-electron chi connectivity index (χ1n) is 20.6. The summed E-state index contributed by atoms with van der Waals surface area (Å²) in [6, 6.07) is 69.7. The van der Waals surface area contributed by atoms with Crippen LogP contribution in [-0.4, -0.2) is 20.4 Å².